The summed E-state index contributed by atoms with van der Waals surface area (Å²) >= 11 is 0. The first-order chi connectivity index (χ1) is 14.1. The Balaban J connectivity index is 2.67. The van der Waals surface area contributed by atoms with Crippen molar-refractivity contribution in [1.82, 2.24) is 0 Å². The van der Waals surface area contributed by atoms with Gasteiger partial charge in [0.05, 0.1) is 6.61 Å². The first kappa shape index (κ1) is 25.0. The number of carbonyl (C=O) groups is 2. The second-order valence-corrected chi connectivity index (χ2v) is 7.38. The van der Waals surface area contributed by atoms with E-state index >= 15 is 0 Å². The molecule has 29 heavy (non-hydrogen) atoms. The number of hydrogen-bond acceptors (Lipinski definition) is 5. The van der Waals surface area contributed by atoms with Gasteiger partial charge in [0.2, 0.25) is 0 Å². The molecule has 0 unspecified atom stereocenters. The average molecular weight is 407 g/mol. The molecular formula is C24H38O5. The lowest BCUT2D eigenvalue weighted by Gasteiger charge is -2.13. The van der Waals surface area contributed by atoms with Gasteiger partial charge in [-0.1, -0.05) is 65.7 Å². The van der Waals surface area contributed by atoms with Gasteiger partial charge in [-0.3, -0.25) is 9.59 Å². The minimum absolute atomic E-state index is 0.247. The summed E-state index contributed by atoms with van der Waals surface area (Å²) in [7, 11) is 0. The van der Waals surface area contributed by atoms with Gasteiger partial charge in [-0.25, -0.2) is 0 Å². The Morgan fingerprint density at radius 3 is 1.86 bits per heavy atom. The first-order valence-electron chi connectivity index (χ1n) is 11.3. The molecule has 1 aromatic rings. The van der Waals surface area contributed by atoms with E-state index in [4.69, 9.17) is 14.2 Å². The molecule has 0 aliphatic rings. The van der Waals surface area contributed by atoms with E-state index in [1.54, 1.807) is 18.2 Å². The van der Waals surface area contributed by atoms with Crippen LogP contribution < -0.4 is 14.2 Å². The molecule has 0 aliphatic heterocycles. The van der Waals surface area contributed by atoms with Crippen LogP contribution in [0.3, 0.4) is 0 Å². The van der Waals surface area contributed by atoms with Crippen LogP contribution in [0.1, 0.15) is 97.8 Å². The van der Waals surface area contributed by atoms with Crippen LogP contribution in [0.2, 0.25) is 0 Å². The summed E-state index contributed by atoms with van der Waals surface area (Å²) in [6.45, 7) is 6.86. The molecule has 0 aromatic heterocycles. The van der Waals surface area contributed by atoms with Crippen LogP contribution in [0.15, 0.2) is 18.2 Å². The van der Waals surface area contributed by atoms with Crippen LogP contribution in [0.4, 0.5) is 0 Å². The molecule has 0 fully saturated rings. The molecule has 0 saturated heterocycles. The van der Waals surface area contributed by atoms with Crippen LogP contribution in [0, 0.1) is 0 Å². The predicted molar refractivity (Wildman–Crippen MR) is 116 cm³/mol. The van der Waals surface area contributed by atoms with Crippen molar-refractivity contribution >= 4 is 11.9 Å². The van der Waals surface area contributed by atoms with Gasteiger partial charge in [0.25, 0.3) is 0 Å². The van der Waals surface area contributed by atoms with Crippen molar-refractivity contribution in [1.29, 1.82) is 0 Å². The summed E-state index contributed by atoms with van der Waals surface area (Å²) < 4.78 is 16.7. The summed E-state index contributed by atoms with van der Waals surface area (Å²) in [5, 5.41) is 0. The smallest absolute Gasteiger partial charge is 0.311 e. The summed E-state index contributed by atoms with van der Waals surface area (Å²) in [6.07, 6.45) is 11.2. The van der Waals surface area contributed by atoms with E-state index in [1.807, 2.05) is 13.8 Å². The fourth-order valence-electron chi connectivity index (χ4n) is 2.80. The maximum absolute atomic E-state index is 12.1. The van der Waals surface area contributed by atoms with Crippen molar-refractivity contribution in [3.63, 3.8) is 0 Å². The van der Waals surface area contributed by atoms with E-state index in [0.29, 0.717) is 25.2 Å². The van der Waals surface area contributed by atoms with E-state index in [0.717, 1.165) is 38.5 Å². The summed E-state index contributed by atoms with van der Waals surface area (Å²) in [5.74, 6) is 0.480. The van der Waals surface area contributed by atoms with Gasteiger partial charge < -0.3 is 14.2 Å². The molecule has 0 spiro atoms. The Morgan fingerprint density at radius 1 is 0.690 bits per heavy atom. The molecular weight excluding hydrogens is 368 g/mol. The number of ether oxygens (including phenoxy) is 3. The largest absolute Gasteiger partial charge is 0.493 e. The Bertz CT molecular complexity index is 597. The zero-order valence-electron chi connectivity index (χ0n) is 18.5. The van der Waals surface area contributed by atoms with Gasteiger partial charge in [0, 0.05) is 18.9 Å². The lowest BCUT2D eigenvalue weighted by molar-refractivity contribution is -0.137. The molecule has 0 aliphatic carbocycles. The minimum atomic E-state index is -0.328. The molecule has 1 rings (SSSR count). The Labute approximate surface area is 176 Å². The molecule has 0 N–H and O–H groups in total. The fraction of sp³-hybridized carbons (Fsp3) is 0.667. The molecule has 0 heterocycles. The van der Waals surface area contributed by atoms with Crippen molar-refractivity contribution in [2.45, 2.75) is 97.8 Å². The molecule has 164 valence electrons. The third-order valence-corrected chi connectivity index (χ3v) is 4.60. The molecule has 5 nitrogen and oxygen atoms in total. The monoisotopic (exact) mass is 406 g/mol. The van der Waals surface area contributed by atoms with Gasteiger partial charge in [-0.15, -0.1) is 0 Å². The van der Waals surface area contributed by atoms with Gasteiger partial charge in [0.1, 0.15) is 5.75 Å². The molecule has 0 bridgehead atoms. The zero-order chi connectivity index (χ0) is 21.3. The number of benzene rings is 1. The summed E-state index contributed by atoms with van der Waals surface area (Å²) in [5.41, 5.74) is 0. The van der Waals surface area contributed by atoms with Crippen molar-refractivity contribution in [3.8, 4) is 17.2 Å². The molecule has 0 radical (unpaired) electrons. The van der Waals surface area contributed by atoms with Crippen LogP contribution in [-0.2, 0) is 9.59 Å². The van der Waals surface area contributed by atoms with E-state index in [2.05, 4.69) is 6.92 Å². The van der Waals surface area contributed by atoms with Crippen molar-refractivity contribution < 1.29 is 23.8 Å². The average Bonchev–Trinajstić information content (AvgIpc) is 2.71. The fourth-order valence-corrected chi connectivity index (χ4v) is 2.80. The first-order valence-corrected chi connectivity index (χ1v) is 11.3. The van der Waals surface area contributed by atoms with Crippen molar-refractivity contribution in [3.05, 3.63) is 18.2 Å². The van der Waals surface area contributed by atoms with Gasteiger partial charge in [-0.2, -0.15) is 0 Å². The molecule has 0 amide bonds. The van der Waals surface area contributed by atoms with Gasteiger partial charge in [-0.05, 0) is 31.4 Å². The lowest BCUT2D eigenvalue weighted by atomic mass is 10.1. The number of esters is 2. The van der Waals surface area contributed by atoms with E-state index in [-0.39, 0.29) is 23.4 Å². The molecule has 0 saturated carbocycles. The minimum Gasteiger partial charge on any atom is -0.493 e. The normalized spacial score (nSPS) is 10.6. The van der Waals surface area contributed by atoms with Crippen LogP contribution in [0.25, 0.3) is 0 Å². The second kappa shape index (κ2) is 15.8. The number of hydrogen-bond donors (Lipinski definition) is 0. The Morgan fingerprint density at radius 2 is 1.24 bits per heavy atom. The van der Waals surface area contributed by atoms with Crippen LogP contribution in [0.5, 0.6) is 17.2 Å². The SMILES string of the molecule is CCCCCCCCOc1ccc(OC(=O)CCCC)c(OC(=O)CCCC)c1. The van der Waals surface area contributed by atoms with E-state index < -0.39 is 0 Å². The maximum Gasteiger partial charge on any atom is 0.311 e. The third-order valence-electron chi connectivity index (χ3n) is 4.60. The Hall–Kier alpha value is -2.04. The quantitative estimate of drug-likeness (QED) is 0.175. The predicted octanol–water partition coefficient (Wildman–Crippen LogP) is 6.62. The third kappa shape index (κ3) is 11.5. The Kier molecular flexibility index (Phi) is 13.6. The van der Waals surface area contributed by atoms with Gasteiger partial charge >= 0.3 is 11.9 Å². The highest BCUT2D eigenvalue weighted by Crippen LogP contribution is 2.32. The second-order valence-electron chi connectivity index (χ2n) is 7.38. The molecule has 5 heteroatoms. The molecule has 1 aromatic carbocycles. The van der Waals surface area contributed by atoms with Gasteiger partial charge in [0.15, 0.2) is 11.5 Å². The number of carbonyl (C=O) groups excluding carboxylic acids is 2. The number of rotatable bonds is 16. The van der Waals surface area contributed by atoms with Crippen molar-refractivity contribution in [2.24, 2.45) is 0 Å². The van der Waals surface area contributed by atoms with Crippen LogP contribution in [-0.4, -0.2) is 18.5 Å². The molecule has 0 atom stereocenters. The highest BCUT2D eigenvalue weighted by molar-refractivity contribution is 5.76. The standard InChI is InChI=1S/C24H38O5/c1-4-7-10-11-12-13-18-27-20-16-17-21(28-23(25)14-8-5-2)22(19-20)29-24(26)15-9-6-3/h16-17,19H,4-15,18H2,1-3H3. The summed E-state index contributed by atoms with van der Waals surface area (Å²) in [4.78, 5) is 24.1. The summed E-state index contributed by atoms with van der Waals surface area (Å²) in [6, 6.07) is 5.04. The van der Waals surface area contributed by atoms with Crippen molar-refractivity contribution in [2.75, 3.05) is 6.61 Å². The topological polar surface area (TPSA) is 61.8 Å². The highest BCUT2D eigenvalue weighted by atomic mass is 16.6. The van der Waals surface area contributed by atoms with E-state index in [1.165, 1.54) is 25.7 Å². The zero-order valence-corrected chi connectivity index (χ0v) is 18.5. The maximum atomic E-state index is 12.1. The lowest BCUT2D eigenvalue weighted by Crippen LogP contribution is -2.12. The number of unbranched alkanes of at least 4 members (excludes halogenated alkanes) is 7. The van der Waals surface area contributed by atoms with E-state index in [9.17, 15) is 9.59 Å². The highest BCUT2D eigenvalue weighted by Gasteiger charge is 2.15. The van der Waals surface area contributed by atoms with Crippen LogP contribution >= 0.6 is 0 Å².